The Hall–Kier alpha value is -0.420. The lowest BCUT2D eigenvalue weighted by atomic mass is 10.2. The second kappa shape index (κ2) is 6.95. The van der Waals surface area contributed by atoms with Gasteiger partial charge in [-0.25, -0.2) is 4.98 Å². The second-order valence-corrected chi connectivity index (χ2v) is 5.43. The van der Waals surface area contributed by atoms with Crippen LogP contribution in [0.25, 0.3) is 0 Å². The third-order valence-corrected chi connectivity index (χ3v) is 3.87. The number of Topliss-reactive ketones (excluding diaryl/α,β-unsaturated/α-hetero) is 1. The summed E-state index contributed by atoms with van der Waals surface area (Å²) in [6, 6.07) is 0. The Morgan fingerprint density at radius 1 is 1.47 bits per heavy atom. The summed E-state index contributed by atoms with van der Waals surface area (Å²) in [4.78, 5) is 15.1. The maximum absolute atomic E-state index is 10.7. The molecule has 15 heavy (non-hydrogen) atoms. The molecule has 0 atom stereocenters. The first-order valence-corrected chi connectivity index (χ1v) is 6.93. The first-order valence-electron chi connectivity index (χ1n) is 5.17. The average molecular weight is 244 g/mol. The number of rotatable bonds is 7. The van der Waals surface area contributed by atoms with Crippen molar-refractivity contribution in [3.05, 3.63) is 5.82 Å². The van der Waals surface area contributed by atoms with Gasteiger partial charge in [-0.2, -0.15) is 4.37 Å². The monoisotopic (exact) mass is 244 g/mol. The molecule has 0 N–H and O–H groups in total. The van der Waals surface area contributed by atoms with Crippen LogP contribution in [0.2, 0.25) is 0 Å². The predicted octanol–water partition coefficient (Wildman–Crippen LogP) is 2.95. The van der Waals surface area contributed by atoms with Crippen molar-refractivity contribution in [3.63, 3.8) is 0 Å². The van der Waals surface area contributed by atoms with Gasteiger partial charge in [0.25, 0.3) is 0 Å². The average Bonchev–Trinajstić information content (AvgIpc) is 2.65. The summed E-state index contributed by atoms with van der Waals surface area (Å²) in [6.07, 6.45) is 3.67. The van der Waals surface area contributed by atoms with Crippen LogP contribution in [-0.4, -0.2) is 20.9 Å². The van der Waals surface area contributed by atoms with Crippen molar-refractivity contribution in [2.45, 2.75) is 43.9 Å². The van der Waals surface area contributed by atoms with Crippen LogP contribution in [0.15, 0.2) is 4.34 Å². The molecule has 0 aliphatic heterocycles. The number of nitrogens with zero attached hydrogens (tertiary/aromatic N) is 2. The standard InChI is InChI=1S/C10H16N2OS2/c1-3-9-11-10(15-12-9)14-7-5-4-6-8(2)13/h3-7H2,1-2H3. The normalized spacial score (nSPS) is 10.5. The molecule has 1 heterocycles. The molecule has 1 rings (SSSR count). The molecular formula is C10H16N2OS2. The first-order chi connectivity index (χ1) is 7.22. The summed E-state index contributed by atoms with van der Waals surface area (Å²) in [5.74, 6) is 2.25. The lowest BCUT2D eigenvalue weighted by Gasteiger charge is -1.96. The van der Waals surface area contributed by atoms with Crippen LogP contribution >= 0.6 is 23.3 Å². The van der Waals surface area contributed by atoms with E-state index < -0.39 is 0 Å². The molecule has 5 heteroatoms. The van der Waals surface area contributed by atoms with Crippen LogP contribution in [0.1, 0.15) is 38.9 Å². The van der Waals surface area contributed by atoms with E-state index in [1.54, 1.807) is 18.7 Å². The molecule has 0 spiro atoms. The summed E-state index contributed by atoms with van der Waals surface area (Å²) in [5, 5.41) is 0. The molecule has 0 aromatic carbocycles. The van der Waals surface area contributed by atoms with Gasteiger partial charge in [0.05, 0.1) is 0 Å². The van der Waals surface area contributed by atoms with Gasteiger partial charge in [-0.05, 0) is 31.3 Å². The molecule has 0 saturated heterocycles. The molecule has 1 aromatic rings. The smallest absolute Gasteiger partial charge is 0.170 e. The number of aromatic nitrogens is 2. The molecule has 0 bridgehead atoms. The van der Waals surface area contributed by atoms with Crippen molar-refractivity contribution in [2.24, 2.45) is 0 Å². The Labute approximate surface area is 98.9 Å². The van der Waals surface area contributed by atoms with E-state index in [2.05, 4.69) is 16.3 Å². The van der Waals surface area contributed by atoms with Crippen LogP contribution in [0.4, 0.5) is 0 Å². The third kappa shape index (κ3) is 5.28. The SMILES string of the molecule is CCc1nsc(SCCCCC(C)=O)n1. The molecule has 1 aromatic heterocycles. The molecule has 0 aliphatic carbocycles. The first kappa shape index (κ1) is 12.6. The predicted molar refractivity (Wildman–Crippen MR) is 64.5 cm³/mol. The minimum absolute atomic E-state index is 0.282. The minimum Gasteiger partial charge on any atom is -0.300 e. The van der Waals surface area contributed by atoms with Gasteiger partial charge in [0, 0.05) is 18.6 Å². The van der Waals surface area contributed by atoms with E-state index in [9.17, 15) is 4.79 Å². The number of hydrogen-bond acceptors (Lipinski definition) is 5. The number of unbranched alkanes of at least 4 members (excludes halogenated alkanes) is 1. The number of thioether (sulfide) groups is 1. The van der Waals surface area contributed by atoms with E-state index in [4.69, 9.17) is 0 Å². The highest BCUT2D eigenvalue weighted by Crippen LogP contribution is 2.21. The number of aryl methyl sites for hydroxylation is 1. The fourth-order valence-corrected chi connectivity index (χ4v) is 2.84. The Balaban J connectivity index is 2.12. The van der Waals surface area contributed by atoms with E-state index in [0.717, 1.165) is 35.2 Å². The summed E-state index contributed by atoms with van der Waals surface area (Å²) >= 11 is 3.22. The quantitative estimate of drug-likeness (QED) is 0.546. The van der Waals surface area contributed by atoms with Crippen molar-refractivity contribution in [3.8, 4) is 0 Å². The molecule has 0 radical (unpaired) electrons. The highest BCUT2D eigenvalue weighted by molar-refractivity contribution is 8.00. The van der Waals surface area contributed by atoms with E-state index in [0.29, 0.717) is 6.42 Å². The van der Waals surface area contributed by atoms with Crippen molar-refractivity contribution in [2.75, 3.05) is 5.75 Å². The fraction of sp³-hybridized carbons (Fsp3) is 0.700. The Morgan fingerprint density at radius 3 is 2.87 bits per heavy atom. The summed E-state index contributed by atoms with van der Waals surface area (Å²) in [5.41, 5.74) is 0. The molecular weight excluding hydrogens is 228 g/mol. The molecule has 0 amide bonds. The van der Waals surface area contributed by atoms with Crippen LogP contribution in [0.5, 0.6) is 0 Å². The summed E-state index contributed by atoms with van der Waals surface area (Å²) in [7, 11) is 0. The fourth-order valence-electron chi connectivity index (χ4n) is 1.08. The van der Waals surface area contributed by atoms with E-state index in [-0.39, 0.29) is 5.78 Å². The molecule has 0 aliphatic rings. The number of carbonyl (C=O) groups is 1. The van der Waals surface area contributed by atoms with Gasteiger partial charge < -0.3 is 4.79 Å². The largest absolute Gasteiger partial charge is 0.300 e. The third-order valence-electron chi connectivity index (χ3n) is 1.91. The second-order valence-electron chi connectivity index (χ2n) is 3.34. The van der Waals surface area contributed by atoms with Crippen LogP contribution in [0, 0.1) is 0 Å². The Kier molecular flexibility index (Phi) is 5.86. The maximum Gasteiger partial charge on any atom is 0.170 e. The number of hydrogen-bond donors (Lipinski definition) is 0. The van der Waals surface area contributed by atoms with Gasteiger partial charge in [-0.3, -0.25) is 0 Å². The van der Waals surface area contributed by atoms with E-state index in [1.165, 1.54) is 11.5 Å². The van der Waals surface area contributed by atoms with Gasteiger partial charge >= 0.3 is 0 Å². The molecule has 0 unspecified atom stereocenters. The lowest BCUT2D eigenvalue weighted by molar-refractivity contribution is -0.117. The van der Waals surface area contributed by atoms with Crippen molar-refractivity contribution < 1.29 is 4.79 Å². The zero-order valence-electron chi connectivity index (χ0n) is 9.15. The summed E-state index contributed by atoms with van der Waals surface area (Å²) < 4.78 is 5.27. The molecule has 0 saturated carbocycles. The van der Waals surface area contributed by atoms with Gasteiger partial charge in [0.1, 0.15) is 11.6 Å². The van der Waals surface area contributed by atoms with Gasteiger partial charge in [-0.15, -0.1) is 0 Å². The Morgan fingerprint density at radius 2 is 2.27 bits per heavy atom. The van der Waals surface area contributed by atoms with Crippen molar-refractivity contribution in [1.82, 2.24) is 9.36 Å². The number of ketones is 1. The topological polar surface area (TPSA) is 42.9 Å². The number of carbonyl (C=O) groups excluding carboxylic acids is 1. The van der Waals surface area contributed by atoms with Gasteiger partial charge in [-0.1, -0.05) is 18.7 Å². The van der Waals surface area contributed by atoms with Crippen molar-refractivity contribution in [1.29, 1.82) is 0 Å². The zero-order valence-corrected chi connectivity index (χ0v) is 10.8. The molecule has 3 nitrogen and oxygen atoms in total. The maximum atomic E-state index is 10.7. The Bertz CT molecular complexity index is 312. The minimum atomic E-state index is 0.282. The highest BCUT2D eigenvalue weighted by Gasteiger charge is 2.02. The molecule has 0 fully saturated rings. The molecule has 84 valence electrons. The van der Waals surface area contributed by atoms with Crippen molar-refractivity contribution >= 4 is 29.1 Å². The lowest BCUT2D eigenvalue weighted by Crippen LogP contribution is -1.90. The highest BCUT2D eigenvalue weighted by atomic mass is 32.2. The van der Waals surface area contributed by atoms with Gasteiger partial charge in [0.2, 0.25) is 0 Å². The van der Waals surface area contributed by atoms with Crippen LogP contribution < -0.4 is 0 Å². The van der Waals surface area contributed by atoms with Crippen LogP contribution in [0.3, 0.4) is 0 Å². The summed E-state index contributed by atoms with van der Waals surface area (Å²) in [6.45, 7) is 3.70. The van der Waals surface area contributed by atoms with E-state index >= 15 is 0 Å². The van der Waals surface area contributed by atoms with Crippen LogP contribution in [-0.2, 0) is 11.2 Å². The van der Waals surface area contributed by atoms with E-state index in [1.807, 2.05) is 0 Å². The zero-order chi connectivity index (χ0) is 11.1. The van der Waals surface area contributed by atoms with Gasteiger partial charge in [0.15, 0.2) is 4.34 Å².